The summed E-state index contributed by atoms with van der Waals surface area (Å²) in [6, 6.07) is 3.79. The molecule has 0 spiro atoms. The van der Waals surface area contributed by atoms with Gasteiger partial charge in [0.05, 0.1) is 5.69 Å². The number of aromatic nitrogens is 1. The summed E-state index contributed by atoms with van der Waals surface area (Å²) in [7, 11) is 5.64. The summed E-state index contributed by atoms with van der Waals surface area (Å²) in [6.45, 7) is 1.98. The highest BCUT2D eigenvalue weighted by Crippen LogP contribution is 2.03. The Labute approximate surface area is 79.3 Å². The number of hydrogen-bond acceptors (Lipinski definition) is 2. The first-order valence-electron chi connectivity index (χ1n) is 4.09. The highest BCUT2D eigenvalue weighted by Gasteiger charge is 2.01. The average molecular weight is 182 g/mol. The minimum absolute atomic E-state index is 0.121. The van der Waals surface area contributed by atoms with E-state index in [-0.39, 0.29) is 5.84 Å². The highest BCUT2D eigenvalue weighted by atomic mass is 15.0. The van der Waals surface area contributed by atoms with Crippen molar-refractivity contribution in [1.82, 2.24) is 9.88 Å². The van der Waals surface area contributed by atoms with Crippen molar-refractivity contribution in [2.45, 2.75) is 6.92 Å². The molecule has 0 fully saturated rings. The molecule has 0 atom stereocenters. The second-order valence-electron chi connectivity index (χ2n) is 2.83. The topological polar surface area (TPSA) is 66.8 Å². The van der Waals surface area contributed by atoms with Crippen molar-refractivity contribution in [2.24, 2.45) is 12.8 Å². The first kappa shape index (κ1) is 11.7. The minimum Gasteiger partial charge on any atom is -0.382 e. The van der Waals surface area contributed by atoms with Crippen LogP contribution in [0.4, 0.5) is 0 Å². The molecule has 1 aromatic heterocycles. The third-order valence-electron chi connectivity index (χ3n) is 1.65. The van der Waals surface area contributed by atoms with Gasteiger partial charge >= 0.3 is 0 Å². The third kappa shape index (κ3) is 3.29. The summed E-state index contributed by atoms with van der Waals surface area (Å²) in [5, 5.41) is 9.90. The molecule has 0 unspecified atom stereocenters. The van der Waals surface area contributed by atoms with Gasteiger partial charge in [0.15, 0.2) is 0 Å². The SMILES string of the molecule is CNC.Cc1ccc(C(=N)N)n1C. The Hall–Kier alpha value is -1.29. The van der Waals surface area contributed by atoms with Crippen molar-refractivity contribution in [1.29, 1.82) is 5.41 Å². The van der Waals surface area contributed by atoms with Crippen molar-refractivity contribution in [2.75, 3.05) is 14.1 Å². The van der Waals surface area contributed by atoms with Crippen LogP contribution in [0.15, 0.2) is 12.1 Å². The number of nitrogen functional groups attached to an aromatic ring is 1. The van der Waals surface area contributed by atoms with E-state index in [0.717, 1.165) is 11.4 Å². The molecule has 0 bridgehead atoms. The van der Waals surface area contributed by atoms with E-state index in [1.54, 1.807) is 0 Å². The lowest BCUT2D eigenvalue weighted by atomic mass is 10.4. The lowest BCUT2D eigenvalue weighted by Crippen LogP contribution is -2.15. The van der Waals surface area contributed by atoms with Crippen LogP contribution in [0.3, 0.4) is 0 Å². The Balaban J connectivity index is 0.000000424. The van der Waals surface area contributed by atoms with Gasteiger partial charge < -0.3 is 15.6 Å². The molecule has 0 aliphatic carbocycles. The molecule has 4 N–H and O–H groups in total. The van der Waals surface area contributed by atoms with Crippen LogP contribution in [0.1, 0.15) is 11.4 Å². The number of hydrogen-bond donors (Lipinski definition) is 3. The molecule has 0 amide bonds. The van der Waals surface area contributed by atoms with E-state index in [2.05, 4.69) is 5.32 Å². The number of aryl methyl sites for hydroxylation is 1. The molecule has 1 rings (SSSR count). The van der Waals surface area contributed by atoms with E-state index in [0.29, 0.717) is 0 Å². The van der Waals surface area contributed by atoms with Gasteiger partial charge in [-0.2, -0.15) is 0 Å². The molecule has 0 aliphatic heterocycles. The van der Waals surface area contributed by atoms with Gasteiger partial charge in [0.25, 0.3) is 0 Å². The number of rotatable bonds is 1. The molecule has 0 aliphatic rings. The van der Waals surface area contributed by atoms with Gasteiger partial charge in [0, 0.05) is 12.7 Å². The predicted octanol–water partition coefficient (Wildman–Crippen LogP) is 0.453. The second-order valence-corrected chi connectivity index (χ2v) is 2.83. The Morgan fingerprint density at radius 1 is 1.46 bits per heavy atom. The fourth-order valence-corrected chi connectivity index (χ4v) is 0.884. The summed E-state index contributed by atoms with van der Waals surface area (Å²) in [6.07, 6.45) is 0. The maximum absolute atomic E-state index is 7.15. The second kappa shape index (κ2) is 5.37. The number of nitrogens with two attached hydrogens (primary N) is 1. The van der Waals surface area contributed by atoms with Crippen molar-refractivity contribution < 1.29 is 0 Å². The van der Waals surface area contributed by atoms with Gasteiger partial charge in [-0.05, 0) is 33.2 Å². The predicted molar refractivity (Wildman–Crippen MR) is 56.1 cm³/mol. The first-order valence-corrected chi connectivity index (χ1v) is 4.09. The maximum Gasteiger partial charge on any atom is 0.139 e. The Kier molecular flexibility index (Phi) is 4.84. The number of amidine groups is 1. The molecule has 74 valence electrons. The van der Waals surface area contributed by atoms with Crippen molar-refractivity contribution >= 4 is 5.84 Å². The van der Waals surface area contributed by atoms with E-state index in [1.807, 2.05) is 44.8 Å². The highest BCUT2D eigenvalue weighted by molar-refractivity contribution is 5.93. The van der Waals surface area contributed by atoms with E-state index in [1.165, 1.54) is 0 Å². The van der Waals surface area contributed by atoms with Gasteiger partial charge in [-0.1, -0.05) is 0 Å². The van der Waals surface area contributed by atoms with Crippen LogP contribution >= 0.6 is 0 Å². The average Bonchev–Trinajstić information content (AvgIpc) is 2.34. The van der Waals surface area contributed by atoms with Crippen LogP contribution in [0, 0.1) is 12.3 Å². The summed E-state index contributed by atoms with van der Waals surface area (Å²) in [4.78, 5) is 0. The fraction of sp³-hybridized carbons (Fsp3) is 0.444. The van der Waals surface area contributed by atoms with Crippen LogP contribution in [0.25, 0.3) is 0 Å². The molecule has 0 radical (unpaired) electrons. The van der Waals surface area contributed by atoms with Crippen molar-refractivity contribution in [3.8, 4) is 0 Å². The molecule has 1 aromatic rings. The summed E-state index contributed by atoms with van der Waals surface area (Å²) < 4.78 is 1.89. The number of nitrogens with one attached hydrogen (secondary N) is 2. The van der Waals surface area contributed by atoms with Gasteiger partial charge in [0.1, 0.15) is 5.84 Å². The van der Waals surface area contributed by atoms with E-state index >= 15 is 0 Å². The van der Waals surface area contributed by atoms with Crippen LogP contribution in [-0.2, 0) is 7.05 Å². The molecule has 0 aromatic carbocycles. The third-order valence-corrected chi connectivity index (χ3v) is 1.65. The van der Waals surface area contributed by atoms with Gasteiger partial charge in [0.2, 0.25) is 0 Å². The normalized spacial score (nSPS) is 8.92. The monoisotopic (exact) mass is 182 g/mol. The minimum atomic E-state index is 0.121. The summed E-state index contributed by atoms with van der Waals surface area (Å²) in [5.74, 6) is 0.121. The molecule has 4 heteroatoms. The lowest BCUT2D eigenvalue weighted by Gasteiger charge is -2.01. The van der Waals surface area contributed by atoms with Crippen molar-refractivity contribution in [3.63, 3.8) is 0 Å². The molecule has 1 heterocycles. The van der Waals surface area contributed by atoms with Crippen LogP contribution in [0.5, 0.6) is 0 Å². The summed E-state index contributed by atoms with van der Waals surface area (Å²) >= 11 is 0. The first-order chi connectivity index (χ1) is 6.04. The zero-order valence-corrected chi connectivity index (χ0v) is 8.68. The van der Waals surface area contributed by atoms with Gasteiger partial charge in [-0.15, -0.1) is 0 Å². The van der Waals surface area contributed by atoms with Crippen LogP contribution in [-0.4, -0.2) is 24.5 Å². The summed E-state index contributed by atoms with van der Waals surface area (Å²) in [5.41, 5.74) is 7.18. The van der Waals surface area contributed by atoms with Crippen LogP contribution < -0.4 is 11.1 Å². The standard InChI is InChI=1S/C7H11N3.C2H7N/c1-5-3-4-6(7(8)9)10(5)2;1-3-2/h3-4H,1-2H3,(H3,8,9);3H,1-2H3. The molecular formula is C9H18N4. The number of nitrogens with zero attached hydrogens (tertiary/aromatic N) is 1. The van der Waals surface area contributed by atoms with Gasteiger partial charge in [-0.3, -0.25) is 5.41 Å². The van der Waals surface area contributed by atoms with Crippen molar-refractivity contribution in [3.05, 3.63) is 23.5 Å². The fourth-order valence-electron chi connectivity index (χ4n) is 0.884. The Morgan fingerprint density at radius 2 is 1.92 bits per heavy atom. The zero-order valence-electron chi connectivity index (χ0n) is 8.68. The maximum atomic E-state index is 7.15. The smallest absolute Gasteiger partial charge is 0.139 e. The largest absolute Gasteiger partial charge is 0.382 e. The lowest BCUT2D eigenvalue weighted by molar-refractivity contribution is 0.868. The Bertz CT molecular complexity index is 275. The van der Waals surface area contributed by atoms with E-state index in [4.69, 9.17) is 11.1 Å². The molecule has 0 saturated heterocycles. The quantitative estimate of drug-likeness (QED) is 0.436. The van der Waals surface area contributed by atoms with Crippen LogP contribution in [0.2, 0.25) is 0 Å². The molecule has 4 nitrogen and oxygen atoms in total. The van der Waals surface area contributed by atoms with E-state index in [9.17, 15) is 0 Å². The molecular weight excluding hydrogens is 164 g/mol. The molecule has 13 heavy (non-hydrogen) atoms. The molecule has 0 saturated carbocycles. The van der Waals surface area contributed by atoms with E-state index < -0.39 is 0 Å². The Morgan fingerprint density at radius 3 is 2.08 bits per heavy atom. The van der Waals surface area contributed by atoms with Gasteiger partial charge in [-0.25, -0.2) is 0 Å². The zero-order chi connectivity index (χ0) is 10.4.